The molecule has 9 nitrogen and oxygen atoms in total. The number of nitrogens with zero attached hydrogens (tertiary/aromatic N) is 6. The van der Waals surface area contributed by atoms with E-state index in [9.17, 15) is 0 Å². The maximum absolute atomic E-state index is 5.84. The highest BCUT2D eigenvalue weighted by Crippen LogP contribution is 2.45. The summed E-state index contributed by atoms with van der Waals surface area (Å²) in [5.41, 5.74) is 8.05. The first-order valence-corrected chi connectivity index (χ1v) is 13.9. The molecule has 0 amide bonds. The van der Waals surface area contributed by atoms with E-state index in [-0.39, 0.29) is 0 Å². The number of H-pyrrole nitrogens is 2. The Bertz CT molecular complexity index is 1670. The van der Waals surface area contributed by atoms with Crippen LogP contribution in [-0.4, -0.2) is 60.0 Å². The number of benzene rings is 2. The summed E-state index contributed by atoms with van der Waals surface area (Å²) in [6.45, 7) is 7.43. The molecule has 2 N–H and O–H groups in total. The molecule has 3 aromatic heterocycles. The molecular weight excluding hydrogens is 488 g/mol. The fourth-order valence-electron chi connectivity index (χ4n) is 6.06. The van der Waals surface area contributed by atoms with Crippen LogP contribution in [0.15, 0.2) is 36.5 Å². The lowest BCUT2D eigenvalue weighted by atomic mass is 9.96. The Hall–Kier alpha value is -3.98. The van der Waals surface area contributed by atoms with Crippen LogP contribution in [0.1, 0.15) is 66.9 Å². The summed E-state index contributed by atoms with van der Waals surface area (Å²) in [5.74, 6) is 4.26. The zero-order valence-electron chi connectivity index (χ0n) is 23.0. The minimum absolute atomic E-state index is 0.398. The molecule has 5 aromatic rings. The third-order valence-corrected chi connectivity index (χ3v) is 8.30. The van der Waals surface area contributed by atoms with Crippen molar-refractivity contribution in [3.05, 3.63) is 64.9 Å². The molecule has 9 heteroatoms. The van der Waals surface area contributed by atoms with Crippen molar-refractivity contribution >= 4 is 10.9 Å². The van der Waals surface area contributed by atoms with Gasteiger partial charge in [-0.1, -0.05) is 26.0 Å². The molecule has 2 aromatic carbocycles. The Kier molecular flexibility index (Phi) is 5.77. The Morgan fingerprint density at radius 3 is 2.79 bits per heavy atom. The molecule has 1 aliphatic carbocycles. The predicted molar refractivity (Wildman–Crippen MR) is 151 cm³/mol. The minimum atomic E-state index is 0.398. The van der Waals surface area contributed by atoms with Gasteiger partial charge in [0, 0.05) is 43.4 Å². The summed E-state index contributed by atoms with van der Waals surface area (Å²) in [6, 6.07) is 10.5. The van der Waals surface area contributed by atoms with Crippen molar-refractivity contribution in [2.45, 2.75) is 51.5 Å². The Labute approximate surface area is 227 Å². The first kappa shape index (κ1) is 24.1. The van der Waals surface area contributed by atoms with Gasteiger partial charge in [0.1, 0.15) is 17.4 Å². The number of hydrogen-bond donors (Lipinski definition) is 2. The van der Waals surface area contributed by atoms with Crippen LogP contribution in [0, 0.1) is 0 Å². The summed E-state index contributed by atoms with van der Waals surface area (Å²) in [4.78, 5) is 16.0. The number of rotatable bonds is 7. The molecule has 39 heavy (non-hydrogen) atoms. The lowest BCUT2D eigenvalue weighted by molar-refractivity contribution is 0.243. The summed E-state index contributed by atoms with van der Waals surface area (Å²) >= 11 is 0. The lowest BCUT2D eigenvalue weighted by Gasteiger charge is -2.28. The van der Waals surface area contributed by atoms with E-state index in [2.05, 4.69) is 58.2 Å². The van der Waals surface area contributed by atoms with Crippen molar-refractivity contribution in [1.29, 1.82) is 0 Å². The van der Waals surface area contributed by atoms with E-state index in [1.807, 2.05) is 24.0 Å². The second-order valence-corrected chi connectivity index (χ2v) is 11.0. The molecule has 7 rings (SSSR count). The van der Waals surface area contributed by atoms with Gasteiger partial charge in [-0.25, -0.2) is 9.97 Å². The zero-order chi connectivity index (χ0) is 26.7. The smallest absolute Gasteiger partial charge is 0.181 e. The van der Waals surface area contributed by atoms with Crippen LogP contribution in [0.2, 0.25) is 0 Å². The summed E-state index contributed by atoms with van der Waals surface area (Å²) in [6.07, 6.45) is 5.17. The average Bonchev–Trinajstić information content (AvgIpc) is 3.32. The third-order valence-electron chi connectivity index (χ3n) is 8.30. The zero-order valence-corrected chi connectivity index (χ0v) is 23.0. The number of likely N-dealkylation sites (N-methyl/N-ethyl adjacent to an activating group) is 1. The van der Waals surface area contributed by atoms with Gasteiger partial charge < -0.3 is 9.72 Å². The number of aromatic amines is 2. The molecule has 1 saturated carbocycles. The summed E-state index contributed by atoms with van der Waals surface area (Å²) in [7, 11) is 3.67. The van der Waals surface area contributed by atoms with Crippen LogP contribution in [0.4, 0.5) is 0 Å². The van der Waals surface area contributed by atoms with Crippen molar-refractivity contribution in [3.63, 3.8) is 0 Å². The van der Waals surface area contributed by atoms with Gasteiger partial charge in [-0.2, -0.15) is 10.2 Å². The highest BCUT2D eigenvalue weighted by atomic mass is 16.5. The Morgan fingerprint density at radius 1 is 1.13 bits per heavy atom. The topological polar surface area (TPSA) is 101 Å². The molecule has 0 saturated heterocycles. The average molecular weight is 523 g/mol. The van der Waals surface area contributed by atoms with Crippen LogP contribution in [-0.2, 0) is 20.0 Å². The van der Waals surface area contributed by atoms with Gasteiger partial charge in [-0.15, -0.1) is 0 Å². The first-order valence-electron chi connectivity index (χ1n) is 13.9. The number of fused-ring (bicyclic) bond motifs is 2. The van der Waals surface area contributed by atoms with Crippen LogP contribution < -0.4 is 4.74 Å². The van der Waals surface area contributed by atoms with E-state index in [4.69, 9.17) is 19.8 Å². The van der Waals surface area contributed by atoms with E-state index < -0.39 is 0 Å². The lowest BCUT2D eigenvalue weighted by Crippen LogP contribution is -2.32. The van der Waals surface area contributed by atoms with E-state index in [1.54, 1.807) is 7.11 Å². The van der Waals surface area contributed by atoms with Crippen LogP contribution >= 0.6 is 0 Å². The van der Waals surface area contributed by atoms with Crippen molar-refractivity contribution in [2.24, 2.45) is 7.05 Å². The standard InChI is InChI=1S/C30H34N8O/c1-5-38-15-17(2)28-24(16-38)32-30(34-28)21-10-8-20(12-25(21)39-4)29-33-26(37(3)36-29)13-19-9-11-23-22(14-31-35-23)27(19)18-6-7-18/h8-12,14,17-18H,5-7,13,15-16H2,1-4H3,(H,31,35)(H,32,34). The van der Waals surface area contributed by atoms with Gasteiger partial charge in [0.2, 0.25) is 0 Å². The molecule has 1 unspecified atom stereocenters. The van der Waals surface area contributed by atoms with Gasteiger partial charge in [-0.3, -0.25) is 14.7 Å². The Balaban J connectivity index is 1.19. The summed E-state index contributed by atoms with van der Waals surface area (Å²) in [5, 5.41) is 13.4. The van der Waals surface area contributed by atoms with Crippen LogP contribution in [0.3, 0.4) is 0 Å². The second-order valence-electron chi connectivity index (χ2n) is 11.0. The number of imidazole rings is 1. The third kappa shape index (κ3) is 4.21. The number of ether oxygens (including phenoxy) is 1. The summed E-state index contributed by atoms with van der Waals surface area (Å²) < 4.78 is 7.73. The first-order chi connectivity index (χ1) is 19.0. The number of hydrogen-bond acceptors (Lipinski definition) is 6. The van der Waals surface area contributed by atoms with Gasteiger partial charge in [0.05, 0.1) is 35.8 Å². The highest BCUT2D eigenvalue weighted by molar-refractivity contribution is 5.84. The molecule has 1 fully saturated rings. The van der Waals surface area contributed by atoms with E-state index >= 15 is 0 Å². The van der Waals surface area contributed by atoms with Crippen LogP contribution in [0.5, 0.6) is 5.75 Å². The molecule has 200 valence electrons. The largest absolute Gasteiger partial charge is 0.496 e. The predicted octanol–water partition coefficient (Wildman–Crippen LogP) is 5.16. The van der Waals surface area contributed by atoms with Gasteiger partial charge in [0.25, 0.3) is 0 Å². The maximum Gasteiger partial charge on any atom is 0.181 e. The van der Waals surface area contributed by atoms with Gasteiger partial charge >= 0.3 is 0 Å². The quantitative estimate of drug-likeness (QED) is 0.306. The Morgan fingerprint density at radius 2 is 2.00 bits per heavy atom. The van der Waals surface area contributed by atoms with E-state index in [0.29, 0.717) is 17.7 Å². The molecule has 0 radical (unpaired) electrons. The minimum Gasteiger partial charge on any atom is -0.496 e. The van der Waals surface area contributed by atoms with Crippen LogP contribution in [0.25, 0.3) is 33.7 Å². The number of nitrogens with one attached hydrogen (secondary N) is 2. The number of aryl methyl sites for hydroxylation is 1. The molecule has 1 aliphatic heterocycles. The van der Waals surface area contributed by atoms with Crippen molar-refractivity contribution in [2.75, 3.05) is 20.2 Å². The molecule has 0 bridgehead atoms. The molecule has 4 heterocycles. The van der Waals surface area contributed by atoms with E-state index in [0.717, 1.165) is 65.8 Å². The molecular formula is C30H34N8O. The second kappa shape index (κ2) is 9.34. The fourth-order valence-corrected chi connectivity index (χ4v) is 6.06. The highest BCUT2D eigenvalue weighted by Gasteiger charge is 2.29. The molecule has 1 atom stereocenters. The maximum atomic E-state index is 5.84. The van der Waals surface area contributed by atoms with Crippen molar-refractivity contribution in [1.82, 2.24) is 39.8 Å². The number of aromatic nitrogens is 7. The molecule has 0 spiro atoms. The van der Waals surface area contributed by atoms with Crippen molar-refractivity contribution in [3.8, 4) is 28.5 Å². The fraction of sp³-hybridized carbons (Fsp3) is 0.400. The number of methoxy groups -OCH3 is 1. The molecule has 2 aliphatic rings. The monoisotopic (exact) mass is 522 g/mol. The normalized spacial score (nSPS) is 17.6. The SMILES string of the molecule is CCN1Cc2[nH]c(-c3ccc(-c4nc(Cc5ccc6[nH]ncc6c5C5CC5)n(C)n4)cc3OC)nc2C(C)C1. The van der Waals surface area contributed by atoms with E-state index in [1.165, 1.54) is 35.0 Å². The van der Waals surface area contributed by atoms with Gasteiger partial charge in [0.15, 0.2) is 5.82 Å². The van der Waals surface area contributed by atoms with Gasteiger partial charge in [-0.05, 0) is 54.6 Å². The van der Waals surface area contributed by atoms with Crippen molar-refractivity contribution < 1.29 is 4.74 Å².